The van der Waals surface area contributed by atoms with Crippen LogP contribution in [0.2, 0.25) is 0 Å². The highest BCUT2D eigenvalue weighted by molar-refractivity contribution is 7.89. The van der Waals surface area contributed by atoms with Gasteiger partial charge in [0.15, 0.2) is 0 Å². The van der Waals surface area contributed by atoms with Crippen molar-refractivity contribution >= 4 is 10.0 Å². The van der Waals surface area contributed by atoms with Gasteiger partial charge in [-0.05, 0) is 30.0 Å². The summed E-state index contributed by atoms with van der Waals surface area (Å²) in [5.74, 6) is 0.903. The van der Waals surface area contributed by atoms with E-state index in [1.165, 1.54) is 17.1 Å². The Morgan fingerprint density at radius 1 is 1.43 bits per heavy atom. The van der Waals surface area contributed by atoms with Gasteiger partial charge in [-0.1, -0.05) is 12.1 Å². The van der Waals surface area contributed by atoms with E-state index in [0.717, 1.165) is 36.3 Å². The molecule has 1 aromatic heterocycles. The van der Waals surface area contributed by atoms with Crippen molar-refractivity contribution in [2.45, 2.75) is 24.3 Å². The van der Waals surface area contributed by atoms with Crippen molar-refractivity contribution in [3.05, 3.63) is 41.7 Å². The Kier molecular flexibility index (Phi) is 3.69. The molecule has 6 nitrogen and oxygen atoms in total. The van der Waals surface area contributed by atoms with Crippen molar-refractivity contribution < 1.29 is 13.2 Å². The summed E-state index contributed by atoms with van der Waals surface area (Å²) in [7, 11) is -1.84. The molecule has 0 bridgehead atoms. The average molecular weight is 307 g/mol. The molecule has 1 aliphatic rings. The molecule has 21 heavy (non-hydrogen) atoms. The van der Waals surface area contributed by atoms with Gasteiger partial charge in [-0.15, -0.1) is 0 Å². The monoisotopic (exact) mass is 307 g/mol. The van der Waals surface area contributed by atoms with Crippen LogP contribution in [0.25, 0.3) is 0 Å². The van der Waals surface area contributed by atoms with Gasteiger partial charge in [0.1, 0.15) is 10.6 Å². The van der Waals surface area contributed by atoms with Crippen LogP contribution in [-0.2, 0) is 30.0 Å². The van der Waals surface area contributed by atoms with Crippen LogP contribution in [-0.4, -0.2) is 24.8 Å². The Labute approximate surface area is 123 Å². The largest absolute Gasteiger partial charge is 0.493 e. The first-order chi connectivity index (χ1) is 10.0. The number of aromatic nitrogens is 2. The highest BCUT2D eigenvalue weighted by Crippen LogP contribution is 2.25. The van der Waals surface area contributed by atoms with Crippen LogP contribution in [0, 0.1) is 0 Å². The minimum absolute atomic E-state index is 0.172. The van der Waals surface area contributed by atoms with E-state index in [1.54, 1.807) is 7.05 Å². The van der Waals surface area contributed by atoms with Gasteiger partial charge in [-0.3, -0.25) is 4.68 Å². The number of aryl methyl sites for hydroxylation is 2. The first-order valence-corrected chi connectivity index (χ1v) is 8.26. The molecule has 1 aliphatic heterocycles. The molecule has 3 rings (SSSR count). The summed E-state index contributed by atoms with van der Waals surface area (Å²) in [5.41, 5.74) is 2.06. The minimum atomic E-state index is -3.52. The van der Waals surface area contributed by atoms with Gasteiger partial charge in [-0.25, -0.2) is 13.1 Å². The first kappa shape index (κ1) is 14.1. The number of nitrogens with zero attached hydrogens (tertiary/aromatic N) is 2. The average Bonchev–Trinajstić information content (AvgIpc) is 2.92. The zero-order valence-electron chi connectivity index (χ0n) is 11.7. The molecule has 2 aromatic rings. The van der Waals surface area contributed by atoms with E-state index in [9.17, 15) is 8.42 Å². The third-order valence-corrected chi connectivity index (χ3v) is 4.79. The predicted octanol–water partition coefficient (Wildman–Crippen LogP) is 1.22. The molecule has 0 spiro atoms. The fraction of sp³-hybridized carbons (Fsp3) is 0.357. The second-order valence-corrected chi connectivity index (χ2v) is 6.84. The van der Waals surface area contributed by atoms with E-state index < -0.39 is 10.0 Å². The lowest BCUT2D eigenvalue weighted by Gasteiger charge is -2.18. The second kappa shape index (κ2) is 5.50. The van der Waals surface area contributed by atoms with Crippen LogP contribution in [0.3, 0.4) is 0 Å². The summed E-state index contributed by atoms with van der Waals surface area (Å²) in [5, 5.41) is 3.88. The molecule has 7 heteroatoms. The fourth-order valence-electron chi connectivity index (χ4n) is 2.32. The van der Waals surface area contributed by atoms with Gasteiger partial charge in [0.2, 0.25) is 10.0 Å². The van der Waals surface area contributed by atoms with Crippen molar-refractivity contribution in [2.24, 2.45) is 7.05 Å². The molecular formula is C14H17N3O3S. The number of rotatable bonds is 4. The van der Waals surface area contributed by atoms with Crippen molar-refractivity contribution in [3.8, 4) is 5.75 Å². The summed E-state index contributed by atoms with van der Waals surface area (Å²) < 4.78 is 33.8. The van der Waals surface area contributed by atoms with E-state index in [-0.39, 0.29) is 11.4 Å². The van der Waals surface area contributed by atoms with Gasteiger partial charge in [0, 0.05) is 19.8 Å². The van der Waals surface area contributed by atoms with E-state index in [4.69, 9.17) is 4.74 Å². The Hall–Kier alpha value is -1.86. The van der Waals surface area contributed by atoms with Gasteiger partial charge in [0.05, 0.1) is 12.8 Å². The topological polar surface area (TPSA) is 73.2 Å². The predicted molar refractivity (Wildman–Crippen MR) is 77.5 cm³/mol. The zero-order valence-corrected chi connectivity index (χ0v) is 12.6. The minimum Gasteiger partial charge on any atom is -0.493 e. The van der Waals surface area contributed by atoms with Gasteiger partial charge in [-0.2, -0.15) is 5.10 Å². The van der Waals surface area contributed by atoms with Crippen LogP contribution in [0.15, 0.2) is 35.5 Å². The van der Waals surface area contributed by atoms with Gasteiger partial charge >= 0.3 is 0 Å². The Morgan fingerprint density at radius 2 is 2.29 bits per heavy atom. The summed E-state index contributed by atoms with van der Waals surface area (Å²) in [4.78, 5) is 0.172. The molecule has 2 heterocycles. The molecule has 0 saturated carbocycles. The molecule has 0 saturated heterocycles. The van der Waals surface area contributed by atoms with Crippen LogP contribution in [0.1, 0.15) is 17.5 Å². The molecule has 0 amide bonds. The molecule has 0 radical (unpaired) electrons. The van der Waals surface area contributed by atoms with Crippen LogP contribution in [0.5, 0.6) is 5.75 Å². The summed E-state index contributed by atoms with van der Waals surface area (Å²) in [6.07, 6.45) is 4.78. The number of sulfonamides is 1. The van der Waals surface area contributed by atoms with Gasteiger partial charge < -0.3 is 4.74 Å². The number of nitrogens with one attached hydrogen (secondary N) is 1. The summed E-state index contributed by atoms with van der Waals surface area (Å²) in [6.45, 7) is 1.00. The molecule has 0 fully saturated rings. The van der Waals surface area contributed by atoms with Gasteiger partial charge in [0.25, 0.3) is 0 Å². The maximum Gasteiger partial charge on any atom is 0.243 e. The lowest BCUT2D eigenvalue weighted by molar-refractivity contribution is 0.288. The molecule has 1 aromatic carbocycles. The van der Waals surface area contributed by atoms with Crippen LogP contribution < -0.4 is 9.46 Å². The number of hydrogen-bond acceptors (Lipinski definition) is 4. The third-order valence-electron chi connectivity index (χ3n) is 3.43. The van der Waals surface area contributed by atoms with Crippen molar-refractivity contribution in [3.63, 3.8) is 0 Å². The number of ether oxygens (including phenoxy) is 1. The molecule has 112 valence electrons. The summed E-state index contributed by atoms with van der Waals surface area (Å²) in [6, 6.07) is 5.79. The number of benzene rings is 1. The second-order valence-electron chi connectivity index (χ2n) is 5.07. The fourth-order valence-corrected chi connectivity index (χ4v) is 3.32. The van der Waals surface area contributed by atoms with Crippen molar-refractivity contribution in [1.82, 2.24) is 14.5 Å². The lowest BCUT2D eigenvalue weighted by atomic mass is 10.0. The van der Waals surface area contributed by atoms with E-state index in [1.807, 2.05) is 18.2 Å². The molecular weight excluding hydrogens is 290 g/mol. The van der Waals surface area contributed by atoms with Crippen LogP contribution >= 0.6 is 0 Å². The highest BCUT2D eigenvalue weighted by Gasteiger charge is 2.16. The quantitative estimate of drug-likeness (QED) is 0.922. The maximum absolute atomic E-state index is 12.1. The van der Waals surface area contributed by atoms with Crippen molar-refractivity contribution in [2.75, 3.05) is 6.61 Å². The molecule has 0 aliphatic carbocycles. The third kappa shape index (κ3) is 3.08. The Bertz CT molecular complexity index is 753. The molecule has 0 unspecified atom stereocenters. The molecule has 0 atom stereocenters. The molecule has 1 N–H and O–H groups in total. The standard InChI is InChI=1S/C14H17N3O3S/c1-17-10-13(9-15-17)21(18,19)16-8-11-4-5-14-12(7-11)3-2-6-20-14/h4-5,7,9-10,16H,2-3,6,8H2,1H3. The number of hydrogen-bond donors (Lipinski definition) is 1. The lowest BCUT2D eigenvalue weighted by Crippen LogP contribution is -2.23. The van der Waals surface area contributed by atoms with E-state index in [0.29, 0.717) is 0 Å². The van der Waals surface area contributed by atoms with E-state index >= 15 is 0 Å². The Balaban J connectivity index is 1.73. The van der Waals surface area contributed by atoms with Crippen LogP contribution in [0.4, 0.5) is 0 Å². The van der Waals surface area contributed by atoms with Crippen molar-refractivity contribution in [1.29, 1.82) is 0 Å². The highest BCUT2D eigenvalue weighted by atomic mass is 32.2. The Morgan fingerprint density at radius 3 is 3.05 bits per heavy atom. The smallest absolute Gasteiger partial charge is 0.243 e. The SMILES string of the molecule is Cn1cc(S(=O)(=O)NCc2ccc3c(c2)CCCO3)cn1. The normalized spacial score (nSPS) is 14.5. The first-order valence-electron chi connectivity index (χ1n) is 6.77. The van der Waals surface area contributed by atoms with E-state index in [2.05, 4.69) is 9.82 Å². The summed E-state index contributed by atoms with van der Waals surface area (Å²) >= 11 is 0. The number of fused-ring (bicyclic) bond motifs is 1. The zero-order chi connectivity index (χ0) is 14.9. The maximum atomic E-state index is 12.1.